The number of rotatable bonds is 9. The van der Waals surface area contributed by atoms with Gasteiger partial charge >= 0.3 is 0 Å². The van der Waals surface area contributed by atoms with E-state index in [1.807, 2.05) is 0 Å². The number of ether oxygens (including phenoxy) is 1. The van der Waals surface area contributed by atoms with E-state index in [1.165, 1.54) is 12.1 Å². The molecule has 0 saturated carbocycles. The molecule has 0 radical (unpaired) electrons. The van der Waals surface area contributed by atoms with Gasteiger partial charge in [0.1, 0.15) is 11.6 Å². The fourth-order valence-electron chi connectivity index (χ4n) is 2.36. The van der Waals surface area contributed by atoms with Crippen LogP contribution in [-0.2, 0) is 4.79 Å². The van der Waals surface area contributed by atoms with Gasteiger partial charge in [0.05, 0.1) is 5.69 Å². The van der Waals surface area contributed by atoms with E-state index >= 15 is 0 Å². The fraction of sp³-hybridized carbons (Fsp3) is 0.263. The summed E-state index contributed by atoms with van der Waals surface area (Å²) in [6.45, 7) is 0.885. The van der Waals surface area contributed by atoms with Gasteiger partial charge in [-0.15, -0.1) is 0 Å². The number of nitrogens with one attached hydrogen (secondary N) is 1. The van der Waals surface area contributed by atoms with Gasteiger partial charge in [-0.2, -0.15) is 0 Å². The van der Waals surface area contributed by atoms with Crippen molar-refractivity contribution < 1.29 is 18.7 Å². The predicted molar refractivity (Wildman–Crippen MR) is 97.8 cm³/mol. The zero-order chi connectivity index (χ0) is 18.9. The molecule has 3 N–H and O–H groups in total. The summed E-state index contributed by atoms with van der Waals surface area (Å²) in [4.78, 5) is 24.7. The molecular formula is C19H22FN3O3. The van der Waals surface area contributed by atoms with Crippen LogP contribution in [0.4, 0.5) is 10.1 Å². The molecule has 0 aliphatic heterocycles. The maximum Gasteiger partial charge on any atom is 0.257 e. The van der Waals surface area contributed by atoms with E-state index < -0.39 is 5.91 Å². The van der Waals surface area contributed by atoms with E-state index in [1.54, 1.807) is 48.3 Å². The predicted octanol–water partition coefficient (Wildman–Crippen LogP) is 1.95. The van der Waals surface area contributed by atoms with Gasteiger partial charge in [-0.1, -0.05) is 18.2 Å². The van der Waals surface area contributed by atoms with Crippen molar-refractivity contribution in [2.75, 3.05) is 31.6 Å². The highest BCUT2D eigenvalue weighted by Gasteiger charge is 2.07. The molecule has 2 amide bonds. The molecule has 0 aliphatic rings. The Bertz CT molecular complexity index is 767. The van der Waals surface area contributed by atoms with Crippen molar-refractivity contribution in [2.24, 2.45) is 5.73 Å². The molecule has 0 atom stereocenters. The van der Waals surface area contributed by atoms with Crippen molar-refractivity contribution in [1.29, 1.82) is 0 Å². The van der Waals surface area contributed by atoms with Gasteiger partial charge < -0.3 is 20.7 Å². The molecule has 0 unspecified atom stereocenters. The molecule has 0 fully saturated rings. The third-order valence-electron chi connectivity index (χ3n) is 3.74. The number of para-hydroxylation sites is 1. The molecule has 26 heavy (non-hydrogen) atoms. The maximum atomic E-state index is 13.7. The maximum absolute atomic E-state index is 13.7. The molecule has 7 heteroatoms. The van der Waals surface area contributed by atoms with Crippen molar-refractivity contribution in [1.82, 2.24) is 5.32 Å². The number of halogens is 1. The first kappa shape index (κ1) is 19.2. The van der Waals surface area contributed by atoms with E-state index in [2.05, 4.69) is 5.32 Å². The van der Waals surface area contributed by atoms with Gasteiger partial charge in [0, 0.05) is 25.7 Å². The molecule has 0 heterocycles. The standard InChI is InChI=1S/C19H22FN3O3/c1-23(17-9-3-2-8-16(17)20)11-5-10-22-18(24)13-26-15-7-4-6-14(12-15)19(21)25/h2-4,6-9,12H,5,10-11,13H2,1H3,(H2,21,25)(H,22,24). The average Bonchev–Trinajstić information content (AvgIpc) is 2.64. The third-order valence-corrected chi connectivity index (χ3v) is 3.74. The summed E-state index contributed by atoms with van der Waals surface area (Å²) in [7, 11) is 1.80. The van der Waals surface area contributed by atoms with E-state index in [9.17, 15) is 14.0 Å². The van der Waals surface area contributed by atoms with Gasteiger partial charge in [-0.05, 0) is 36.8 Å². The number of benzene rings is 2. The zero-order valence-electron chi connectivity index (χ0n) is 14.6. The number of carbonyl (C=O) groups excluding carboxylic acids is 2. The van der Waals surface area contributed by atoms with E-state index in [-0.39, 0.29) is 18.3 Å². The molecule has 6 nitrogen and oxygen atoms in total. The Morgan fingerprint density at radius 2 is 1.96 bits per heavy atom. The summed E-state index contributed by atoms with van der Waals surface area (Å²) in [5.74, 6) is -0.705. The number of nitrogens with zero attached hydrogens (tertiary/aromatic N) is 1. The number of nitrogens with two attached hydrogens (primary N) is 1. The van der Waals surface area contributed by atoms with Crippen LogP contribution in [0.1, 0.15) is 16.8 Å². The SMILES string of the molecule is CN(CCCNC(=O)COc1cccc(C(N)=O)c1)c1ccccc1F. The normalized spacial score (nSPS) is 10.2. The summed E-state index contributed by atoms with van der Waals surface area (Å²) in [5, 5.41) is 2.74. The van der Waals surface area contributed by atoms with Crippen LogP contribution in [0.5, 0.6) is 5.75 Å². The molecule has 2 rings (SSSR count). The summed E-state index contributed by atoms with van der Waals surface area (Å²) in [6.07, 6.45) is 0.660. The quantitative estimate of drug-likeness (QED) is 0.670. The molecule has 0 aromatic heterocycles. The lowest BCUT2D eigenvalue weighted by atomic mass is 10.2. The summed E-state index contributed by atoms with van der Waals surface area (Å²) < 4.78 is 19.0. The molecule has 0 saturated heterocycles. The highest BCUT2D eigenvalue weighted by molar-refractivity contribution is 5.93. The Kier molecular flexibility index (Phi) is 6.96. The first-order valence-electron chi connectivity index (χ1n) is 8.22. The van der Waals surface area contributed by atoms with Gasteiger partial charge in [0.25, 0.3) is 5.91 Å². The Balaban J connectivity index is 1.68. The van der Waals surface area contributed by atoms with Crippen molar-refractivity contribution in [3.8, 4) is 5.75 Å². The van der Waals surface area contributed by atoms with Gasteiger partial charge in [-0.25, -0.2) is 4.39 Å². The number of carbonyl (C=O) groups is 2. The van der Waals surface area contributed by atoms with Crippen LogP contribution in [0, 0.1) is 5.82 Å². The first-order valence-corrected chi connectivity index (χ1v) is 8.22. The smallest absolute Gasteiger partial charge is 0.257 e. The molecular weight excluding hydrogens is 337 g/mol. The Morgan fingerprint density at radius 3 is 2.69 bits per heavy atom. The first-order chi connectivity index (χ1) is 12.5. The fourth-order valence-corrected chi connectivity index (χ4v) is 2.36. The summed E-state index contributed by atoms with van der Waals surface area (Å²) >= 11 is 0. The van der Waals surface area contributed by atoms with Crippen LogP contribution in [-0.4, -0.2) is 38.6 Å². The van der Waals surface area contributed by atoms with Crippen LogP contribution < -0.4 is 20.7 Å². The summed E-state index contributed by atoms with van der Waals surface area (Å²) in [6, 6.07) is 12.9. The third kappa shape index (κ3) is 5.77. The van der Waals surface area contributed by atoms with Gasteiger partial charge in [0.2, 0.25) is 5.91 Å². The lowest BCUT2D eigenvalue weighted by Gasteiger charge is -2.19. The van der Waals surface area contributed by atoms with Crippen LogP contribution >= 0.6 is 0 Å². The van der Waals surface area contributed by atoms with Gasteiger partial charge in [-0.3, -0.25) is 9.59 Å². The second-order valence-electron chi connectivity index (χ2n) is 5.76. The highest BCUT2D eigenvalue weighted by Crippen LogP contribution is 2.16. The second kappa shape index (κ2) is 9.41. The van der Waals surface area contributed by atoms with Gasteiger partial charge in [0.15, 0.2) is 6.61 Å². The van der Waals surface area contributed by atoms with Crippen LogP contribution in [0.3, 0.4) is 0 Å². The molecule has 2 aromatic rings. The van der Waals surface area contributed by atoms with Crippen molar-refractivity contribution in [2.45, 2.75) is 6.42 Å². The molecule has 2 aromatic carbocycles. The van der Waals surface area contributed by atoms with E-state index in [4.69, 9.17) is 10.5 Å². The Hall–Kier alpha value is -3.09. The van der Waals surface area contributed by atoms with Crippen LogP contribution in [0.15, 0.2) is 48.5 Å². The number of hydrogen-bond acceptors (Lipinski definition) is 4. The molecule has 0 bridgehead atoms. The number of hydrogen-bond donors (Lipinski definition) is 2. The minimum Gasteiger partial charge on any atom is -0.484 e. The number of primary amides is 1. The van der Waals surface area contributed by atoms with E-state index in [0.29, 0.717) is 36.5 Å². The molecule has 138 valence electrons. The minimum absolute atomic E-state index is 0.161. The lowest BCUT2D eigenvalue weighted by Crippen LogP contribution is -2.31. The number of amides is 2. The minimum atomic E-state index is -0.557. The molecule has 0 spiro atoms. The monoisotopic (exact) mass is 359 g/mol. The average molecular weight is 359 g/mol. The van der Waals surface area contributed by atoms with Crippen LogP contribution in [0.2, 0.25) is 0 Å². The van der Waals surface area contributed by atoms with Crippen LogP contribution in [0.25, 0.3) is 0 Å². The Labute approximate surface area is 151 Å². The summed E-state index contributed by atoms with van der Waals surface area (Å²) in [5.41, 5.74) is 6.04. The highest BCUT2D eigenvalue weighted by atomic mass is 19.1. The Morgan fingerprint density at radius 1 is 1.19 bits per heavy atom. The zero-order valence-corrected chi connectivity index (χ0v) is 14.6. The molecule has 0 aliphatic carbocycles. The van der Waals surface area contributed by atoms with Crippen molar-refractivity contribution >= 4 is 17.5 Å². The van der Waals surface area contributed by atoms with E-state index in [0.717, 1.165) is 0 Å². The largest absolute Gasteiger partial charge is 0.484 e. The topological polar surface area (TPSA) is 84.7 Å². The van der Waals surface area contributed by atoms with Crippen molar-refractivity contribution in [3.63, 3.8) is 0 Å². The van der Waals surface area contributed by atoms with Crippen molar-refractivity contribution in [3.05, 3.63) is 59.9 Å². The second-order valence-corrected chi connectivity index (χ2v) is 5.76. The lowest BCUT2D eigenvalue weighted by molar-refractivity contribution is -0.123. The number of anilines is 1.